The van der Waals surface area contributed by atoms with E-state index in [9.17, 15) is 4.39 Å². The summed E-state index contributed by atoms with van der Waals surface area (Å²) in [6.07, 6.45) is 3.32. The smallest absolute Gasteiger partial charge is 0.191 e. The number of halogens is 2. The Hall–Kier alpha value is -0.850. The molecule has 1 aliphatic carbocycles. The van der Waals surface area contributed by atoms with Crippen molar-refractivity contribution in [2.75, 3.05) is 13.1 Å². The first-order valence-electron chi connectivity index (χ1n) is 7.90. The van der Waals surface area contributed by atoms with Crippen molar-refractivity contribution in [3.05, 3.63) is 35.6 Å². The molecule has 0 aromatic heterocycles. The van der Waals surface area contributed by atoms with Crippen molar-refractivity contribution >= 4 is 29.9 Å². The van der Waals surface area contributed by atoms with Gasteiger partial charge < -0.3 is 10.6 Å². The molecule has 1 aromatic carbocycles. The molecule has 1 aliphatic rings. The third kappa shape index (κ3) is 5.11. The van der Waals surface area contributed by atoms with E-state index in [0.717, 1.165) is 38.3 Å². The molecule has 5 heteroatoms. The standard InChI is InChI=1S/C17H26FN3.HI/c1-4-13(3)21-16(19-5-2)20-12-17(10-11-17)14-6-8-15(18)9-7-14;/h6-9,13H,4-5,10-12H2,1-3H3,(H2,19,20,21);1H. The van der Waals surface area contributed by atoms with Crippen LogP contribution < -0.4 is 10.6 Å². The SMILES string of the molecule is CCNC(=NCC1(c2ccc(F)cc2)CC1)NC(C)CC.I. The zero-order valence-corrected chi connectivity index (χ0v) is 16.0. The lowest BCUT2D eigenvalue weighted by Gasteiger charge is -2.18. The fraction of sp³-hybridized carbons (Fsp3) is 0.588. The van der Waals surface area contributed by atoms with Crippen molar-refractivity contribution in [1.82, 2.24) is 10.6 Å². The Morgan fingerprint density at radius 1 is 1.27 bits per heavy atom. The highest BCUT2D eigenvalue weighted by Crippen LogP contribution is 2.48. The van der Waals surface area contributed by atoms with Gasteiger partial charge in [0.2, 0.25) is 0 Å². The van der Waals surface area contributed by atoms with Crippen molar-refractivity contribution < 1.29 is 4.39 Å². The van der Waals surface area contributed by atoms with Gasteiger partial charge >= 0.3 is 0 Å². The van der Waals surface area contributed by atoms with Gasteiger partial charge in [-0.25, -0.2) is 4.39 Å². The molecule has 1 saturated carbocycles. The Morgan fingerprint density at radius 2 is 1.91 bits per heavy atom. The van der Waals surface area contributed by atoms with Crippen LogP contribution in [0.1, 0.15) is 45.6 Å². The molecule has 2 rings (SSSR count). The molecule has 0 bridgehead atoms. The molecule has 1 aromatic rings. The summed E-state index contributed by atoms with van der Waals surface area (Å²) in [5, 5.41) is 6.70. The average Bonchev–Trinajstić information content (AvgIpc) is 3.27. The van der Waals surface area contributed by atoms with Crippen molar-refractivity contribution in [2.45, 2.75) is 51.5 Å². The summed E-state index contributed by atoms with van der Waals surface area (Å²) in [6, 6.07) is 7.28. The Labute approximate surface area is 150 Å². The Kier molecular flexibility index (Phi) is 7.59. The molecule has 1 fully saturated rings. The van der Waals surface area contributed by atoms with Gasteiger partial charge in [0.15, 0.2) is 5.96 Å². The summed E-state index contributed by atoms with van der Waals surface area (Å²) in [4.78, 5) is 4.74. The number of nitrogens with one attached hydrogen (secondary N) is 2. The summed E-state index contributed by atoms with van der Waals surface area (Å²) in [6.45, 7) is 7.98. The zero-order valence-electron chi connectivity index (χ0n) is 13.7. The maximum Gasteiger partial charge on any atom is 0.191 e. The van der Waals surface area contributed by atoms with Crippen LogP contribution in [0.25, 0.3) is 0 Å². The van der Waals surface area contributed by atoms with Crippen LogP contribution in [0.15, 0.2) is 29.3 Å². The highest BCUT2D eigenvalue weighted by molar-refractivity contribution is 14.0. The average molecular weight is 419 g/mol. The van der Waals surface area contributed by atoms with Gasteiger partial charge in [0.25, 0.3) is 0 Å². The summed E-state index contributed by atoms with van der Waals surface area (Å²) >= 11 is 0. The number of hydrogen-bond donors (Lipinski definition) is 2. The van der Waals surface area contributed by atoms with E-state index in [1.807, 2.05) is 12.1 Å². The monoisotopic (exact) mass is 419 g/mol. The molecule has 124 valence electrons. The summed E-state index contributed by atoms with van der Waals surface area (Å²) < 4.78 is 13.0. The predicted molar refractivity (Wildman–Crippen MR) is 102 cm³/mol. The number of guanidine groups is 1. The lowest BCUT2D eigenvalue weighted by atomic mass is 9.96. The van der Waals surface area contributed by atoms with Gasteiger partial charge in [0, 0.05) is 18.0 Å². The third-order valence-electron chi connectivity index (χ3n) is 4.19. The van der Waals surface area contributed by atoms with Gasteiger partial charge in [0.1, 0.15) is 5.82 Å². The molecule has 0 heterocycles. The summed E-state index contributed by atoms with van der Waals surface area (Å²) in [7, 11) is 0. The van der Waals surface area contributed by atoms with Gasteiger partial charge in [-0.2, -0.15) is 0 Å². The van der Waals surface area contributed by atoms with E-state index in [-0.39, 0.29) is 35.2 Å². The summed E-state index contributed by atoms with van der Waals surface area (Å²) in [5.74, 6) is 0.699. The van der Waals surface area contributed by atoms with Crippen LogP contribution in [0.4, 0.5) is 4.39 Å². The minimum absolute atomic E-state index is 0. The Bertz CT molecular complexity index is 483. The lowest BCUT2D eigenvalue weighted by Crippen LogP contribution is -2.42. The molecule has 1 atom stereocenters. The number of benzene rings is 1. The van der Waals surface area contributed by atoms with Crippen LogP contribution in [0.3, 0.4) is 0 Å². The molecule has 0 saturated heterocycles. The molecule has 0 aliphatic heterocycles. The molecule has 22 heavy (non-hydrogen) atoms. The molecule has 1 unspecified atom stereocenters. The predicted octanol–water partition coefficient (Wildman–Crippen LogP) is 3.83. The highest BCUT2D eigenvalue weighted by atomic mass is 127. The molecular weight excluding hydrogens is 392 g/mol. The summed E-state index contributed by atoms with van der Waals surface area (Å²) in [5.41, 5.74) is 1.32. The second-order valence-corrected chi connectivity index (χ2v) is 5.94. The van der Waals surface area contributed by atoms with Gasteiger partial charge in [-0.3, -0.25) is 4.99 Å². The van der Waals surface area contributed by atoms with Gasteiger partial charge in [-0.1, -0.05) is 19.1 Å². The van der Waals surface area contributed by atoms with Gasteiger partial charge in [-0.05, 0) is 50.8 Å². The van der Waals surface area contributed by atoms with E-state index >= 15 is 0 Å². The minimum atomic E-state index is -0.176. The number of nitrogens with zero attached hydrogens (tertiary/aromatic N) is 1. The van der Waals surface area contributed by atoms with Gasteiger partial charge in [0.05, 0.1) is 6.54 Å². The van der Waals surface area contributed by atoms with Crippen LogP contribution in [-0.2, 0) is 5.41 Å². The lowest BCUT2D eigenvalue weighted by molar-refractivity contribution is 0.614. The molecule has 0 amide bonds. The van der Waals surface area contributed by atoms with Crippen LogP contribution in [0.2, 0.25) is 0 Å². The van der Waals surface area contributed by atoms with E-state index < -0.39 is 0 Å². The van der Waals surface area contributed by atoms with E-state index in [4.69, 9.17) is 4.99 Å². The maximum atomic E-state index is 13.0. The van der Waals surface area contributed by atoms with Crippen molar-refractivity contribution in [3.63, 3.8) is 0 Å². The molecule has 0 radical (unpaired) electrons. The van der Waals surface area contributed by atoms with Crippen LogP contribution >= 0.6 is 24.0 Å². The molecule has 0 spiro atoms. The van der Waals surface area contributed by atoms with Gasteiger partial charge in [-0.15, -0.1) is 24.0 Å². The number of rotatable bonds is 6. The molecule has 3 nitrogen and oxygen atoms in total. The Balaban J connectivity index is 0.00000242. The third-order valence-corrected chi connectivity index (χ3v) is 4.19. The van der Waals surface area contributed by atoms with Crippen LogP contribution in [0.5, 0.6) is 0 Å². The number of hydrogen-bond acceptors (Lipinski definition) is 1. The first-order chi connectivity index (χ1) is 10.1. The van der Waals surface area contributed by atoms with E-state index in [1.165, 1.54) is 5.56 Å². The first-order valence-corrected chi connectivity index (χ1v) is 7.90. The fourth-order valence-corrected chi connectivity index (χ4v) is 2.38. The molecule has 2 N–H and O–H groups in total. The fourth-order valence-electron chi connectivity index (χ4n) is 2.38. The number of aliphatic imine (C=N–C) groups is 1. The van der Waals surface area contributed by atoms with Crippen molar-refractivity contribution in [3.8, 4) is 0 Å². The van der Waals surface area contributed by atoms with E-state index in [0.29, 0.717) is 6.04 Å². The maximum absolute atomic E-state index is 13.0. The normalized spacial score (nSPS) is 17.4. The van der Waals surface area contributed by atoms with E-state index in [2.05, 4.69) is 31.4 Å². The second-order valence-electron chi connectivity index (χ2n) is 5.94. The highest BCUT2D eigenvalue weighted by Gasteiger charge is 2.44. The second kappa shape index (κ2) is 8.70. The van der Waals surface area contributed by atoms with Crippen molar-refractivity contribution in [1.29, 1.82) is 0 Å². The van der Waals surface area contributed by atoms with Crippen LogP contribution in [-0.4, -0.2) is 25.1 Å². The van der Waals surface area contributed by atoms with Crippen LogP contribution in [0, 0.1) is 5.82 Å². The first kappa shape index (κ1) is 19.2. The topological polar surface area (TPSA) is 36.4 Å². The zero-order chi connectivity index (χ0) is 15.3. The quantitative estimate of drug-likeness (QED) is 0.418. The van der Waals surface area contributed by atoms with Crippen molar-refractivity contribution in [2.24, 2.45) is 4.99 Å². The molecular formula is C17H27FIN3. The minimum Gasteiger partial charge on any atom is -0.357 e. The largest absolute Gasteiger partial charge is 0.357 e. The van der Waals surface area contributed by atoms with E-state index in [1.54, 1.807) is 12.1 Å². The Morgan fingerprint density at radius 3 is 2.41 bits per heavy atom.